The molecule has 0 bridgehead atoms. The van der Waals surface area contributed by atoms with Gasteiger partial charge in [0.15, 0.2) is 0 Å². The topological polar surface area (TPSA) is 6.48 Å². The molecule has 1 aliphatic carbocycles. The fraction of sp³-hybridized carbons (Fsp3) is 0.571. The monoisotopic (exact) mass is 532 g/mol. The Morgan fingerprint density at radius 2 is 1.55 bits per heavy atom. The number of piperidine rings is 1. The Labute approximate surface area is 207 Å². The van der Waals surface area contributed by atoms with Gasteiger partial charge in [0.05, 0.1) is 0 Å². The predicted molar refractivity (Wildman–Crippen MR) is 145 cm³/mol. The molecule has 2 aliphatic rings. The van der Waals surface area contributed by atoms with Crippen molar-refractivity contribution in [1.29, 1.82) is 0 Å². The highest BCUT2D eigenvalue weighted by Crippen LogP contribution is 2.37. The molecule has 1 heterocycles. The fourth-order valence-corrected chi connectivity index (χ4v) is 6.15. The van der Waals surface area contributed by atoms with E-state index in [0.29, 0.717) is 11.6 Å². The molecule has 0 amide bonds. The number of para-hydroxylation sites is 1. The van der Waals surface area contributed by atoms with E-state index in [9.17, 15) is 0 Å². The van der Waals surface area contributed by atoms with Crippen LogP contribution in [0.15, 0.2) is 54.6 Å². The van der Waals surface area contributed by atoms with E-state index in [-0.39, 0.29) is 24.0 Å². The molecule has 0 spiro atoms. The van der Waals surface area contributed by atoms with Crippen LogP contribution in [0.25, 0.3) is 0 Å². The lowest BCUT2D eigenvalue weighted by Crippen LogP contribution is -2.54. The average molecular weight is 533 g/mol. The van der Waals surface area contributed by atoms with E-state index in [2.05, 4.69) is 78.2 Å². The van der Waals surface area contributed by atoms with E-state index >= 15 is 0 Å². The third-order valence-electron chi connectivity index (χ3n) is 7.58. The molecule has 3 heteroatoms. The summed E-state index contributed by atoms with van der Waals surface area (Å²) in [4.78, 5) is 5.61. The van der Waals surface area contributed by atoms with Crippen molar-refractivity contribution in [3.8, 4) is 0 Å². The molecule has 1 fully saturated rings. The van der Waals surface area contributed by atoms with Crippen molar-refractivity contribution in [2.45, 2.75) is 83.2 Å². The number of rotatable bonds is 9. The summed E-state index contributed by atoms with van der Waals surface area (Å²) >= 11 is 0. The van der Waals surface area contributed by atoms with Gasteiger partial charge in [0, 0.05) is 23.8 Å². The zero-order chi connectivity index (χ0) is 20.8. The highest BCUT2D eigenvalue weighted by molar-refractivity contribution is 14.0. The van der Waals surface area contributed by atoms with Gasteiger partial charge in [-0.2, -0.15) is 0 Å². The standard InChI is InChI=1S/C28H40N2.HI/c1-3-16-28(17-10-11-20-29(28)19-4-2)18-21-30(26-14-6-5-7-15-26)27-22-24-12-8-9-13-25(24)23-27;/h5-9,12-15,27H,3-4,10-11,16-23H2,1-2H3;1H. The van der Waals surface area contributed by atoms with Gasteiger partial charge in [-0.05, 0) is 81.3 Å². The largest absolute Gasteiger partial charge is 0.368 e. The van der Waals surface area contributed by atoms with Crippen molar-refractivity contribution in [3.05, 3.63) is 65.7 Å². The van der Waals surface area contributed by atoms with Crippen LogP contribution in [0.3, 0.4) is 0 Å². The minimum atomic E-state index is 0. The van der Waals surface area contributed by atoms with Gasteiger partial charge in [0.1, 0.15) is 0 Å². The second-order valence-corrected chi connectivity index (χ2v) is 9.53. The third-order valence-corrected chi connectivity index (χ3v) is 7.58. The first-order valence-electron chi connectivity index (χ1n) is 12.4. The zero-order valence-electron chi connectivity index (χ0n) is 19.6. The van der Waals surface area contributed by atoms with Crippen molar-refractivity contribution in [2.75, 3.05) is 24.5 Å². The lowest BCUT2D eigenvalue weighted by atomic mass is 9.79. The lowest BCUT2D eigenvalue weighted by molar-refractivity contribution is 0.0317. The van der Waals surface area contributed by atoms with Crippen LogP contribution < -0.4 is 4.90 Å². The Morgan fingerprint density at radius 3 is 2.19 bits per heavy atom. The summed E-state index contributed by atoms with van der Waals surface area (Å²) in [5.74, 6) is 0. The molecule has 170 valence electrons. The van der Waals surface area contributed by atoms with Crippen molar-refractivity contribution >= 4 is 29.7 Å². The van der Waals surface area contributed by atoms with Gasteiger partial charge < -0.3 is 4.90 Å². The molecule has 1 atom stereocenters. The van der Waals surface area contributed by atoms with Crippen molar-refractivity contribution in [3.63, 3.8) is 0 Å². The molecule has 31 heavy (non-hydrogen) atoms. The third kappa shape index (κ3) is 5.65. The van der Waals surface area contributed by atoms with E-state index in [4.69, 9.17) is 0 Å². The van der Waals surface area contributed by atoms with Gasteiger partial charge in [-0.3, -0.25) is 4.90 Å². The lowest BCUT2D eigenvalue weighted by Gasteiger charge is -2.49. The molecule has 2 aromatic carbocycles. The van der Waals surface area contributed by atoms with Gasteiger partial charge in [-0.1, -0.05) is 69.2 Å². The molecule has 0 aromatic heterocycles. The first-order chi connectivity index (χ1) is 14.8. The zero-order valence-corrected chi connectivity index (χ0v) is 21.9. The van der Waals surface area contributed by atoms with Crippen LogP contribution in [0.5, 0.6) is 0 Å². The molecule has 0 N–H and O–H groups in total. The van der Waals surface area contributed by atoms with Crippen LogP contribution in [0.4, 0.5) is 5.69 Å². The fourth-order valence-electron chi connectivity index (χ4n) is 6.15. The van der Waals surface area contributed by atoms with E-state index in [0.717, 1.165) is 0 Å². The summed E-state index contributed by atoms with van der Waals surface area (Å²) in [5.41, 5.74) is 4.91. The van der Waals surface area contributed by atoms with Gasteiger partial charge in [-0.25, -0.2) is 0 Å². The Morgan fingerprint density at radius 1 is 0.871 bits per heavy atom. The minimum absolute atomic E-state index is 0. The van der Waals surface area contributed by atoms with Crippen LogP contribution in [0.2, 0.25) is 0 Å². The summed E-state index contributed by atoms with van der Waals surface area (Å²) in [6.45, 7) is 8.46. The second-order valence-electron chi connectivity index (χ2n) is 9.53. The number of fused-ring (bicyclic) bond motifs is 1. The number of nitrogens with zero attached hydrogens (tertiary/aromatic N) is 2. The van der Waals surface area contributed by atoms with E-state index < -0.39 is 0 Å². The summed E-state index contributed by atoms with van der Waals surface area (Å²) < 4.78 is 0. The minimum Gasteiger partial charge on any atom is -0.368 e. The number of hydrogen-bond donors (Lipinski definition) is 0. The first kappa shape index (κ1) is 24.6. The van der Waals surface area contributed by atoms with Gasteiger partial charge in [-0.15, -0.1) is 24.0 Å². The number of benzene rings is 2. The van der Waals surface area contributed by atoms with Crippen LogP contribution in [-0.2, 0) is 12.8 Å². The normalized spacial score (nSPS) is 21.5. The summed E-state index contributed by atoms with van der Waals surface area (Å²) in [7, 11) is 0. The number of halogens is 1. The maximum Gasteiger partial charge on any atom is 0.0370 e. The Balaban J connectivity index is 0.00000272. The van der Waals surface area contributed by atoms with Crippen molar-refractivity contribution < 1.29 is 0 Å². The van der Waals surface area contributed by atoms with Crippen LogP contribution >= 0.6 is 24.0 Å². The van der Waals surface area contributed by atoms with Gasteiger partial charge >= 0.3 is 0 Å². The van der Waals surface area contributed by atoms with Crippen LogP contribution in [0, 0.1) is 0 Å². The molecule has 0 saturated carbocycles. The summed E-state index contributed by atoms with van der Waals surface area (Å²) in [6.07, 6.45) is 11.7. The van der Waals surface area contributed by atoms with Gasteiger partial charge in [0.2, 0.25) is 0 Å². The van der Waals surface area contributed by atoms with Crippen LogP contribution in [0.1, 0.15) is 69.9 Å². The van der Waals surface area contributed by atoms with E-state index in [1.807, 2.05) is 0 Å². The molecule has 2 aromatic rings. The molecule has 1 unspecified atom stereocenters. The highest BCUT2D eigenvalue weighted by Gasteiger charge is 2.38. The molecule has 0 radical (unpaired) electrons. The molecular weight excluding hydrogens is 491 g/mol. The van der Waals surface area contributed by atoms with E-state index in [1.165, 1.54) is 83.1 Å². The molecule has 1 aliphatic heterocycles. The number of anilines is 1. The Kier molecular flexibility index (Phi) is 9.27. The quantitative estimate of drug-likeness (QED) is 0.318. The maximum absolute atomic E-state index is 2.87. The predicted octanol–water partition coefficient (Wildman–Crippen LogP) is 7.10. The Bertz CT molecular complexity index is 762. The molecule has 1 saturated heterocycles. The number of hydrogen-bond acceptors (Lipinski definition) is 2. The molecular formula is C28H41IN2. The first-order valence-corrected chi connectivity index (χ1v) is 12.4. The maximum atomic E-state index is 2.87. The van der Waals surface area contributed by atoms with Crippen molar-refractivity contribution in [2.24, 2.45) is 0 Å². The smallest absolute Gasteiger partial charge is 0.0370 e. The molecule has 4 rings (SSSR count). The second kappa shape index (κ2) is 11.7. The summed E-state index contributed by atoms with van der Waals surface area (Å²) in [6, 6.07) is 20.9. The summed E-state index contributed by atoms with van der Waals surface area (Å²) in [5, 5.41) is 0. The van der Waals surface area contributed by atoms with Crippen LogP contribution in [-0.4, -0.2) is 36.1 Å². The van der Waals surface area contributed by atoms with Crippen molar-refractivity contribution in [1.82, 2.24) is 4.90 Å². The highest BCUT2D eigenvalue weighted by atomic mass is 127. The SMILES string of the molecule is CCCN1CCCCC1(CCC)CCN(c1ccccc1)C1Cc2ccccc2C1.I. The Hall–Kier alpha value is -1.07. The molecule has 2 nitrogen and oxygen atoms in total. The number of likely N-dealkylation sites (tertiary alicyclic amines) is 1. The average Bonchev–Trinajstić information content (AvgIpc) is 3.20. The van der Waals surface area contributed by atoms with Gasteiger partial charge in [0.25, 0.3) is 0 Å². The van der Waals surface area contributed by atoms with E-state index in [1.54, 1.807) is 11.1 Å².